The van der Waals surface area contributed by atoms with E-state index >= 15 is 4.79 Å². The van der Waals surface area contributed by atoms with Gasteiger partial charge in [0.2, 0.25) is 5.96 Å². The highest BCUT2D eigenvalue weighted by molar-refractivity contribution is 6.32. The molecule has 2 aromatic heterocycles. The molecule has 0 spiro atoms. The zero-order valence-corrected chi connectivity index (χ0v) is 30.8. The Kier molecular flexibility index (Phi) is 10.8. The normalized spacial score (nSPS) is 18.5. The molecule has 6 rings (SSSR count). The van der Waals surface area contributed by atoms with E-state index in [0.717, 1.165) is 17.4 Å². The molecule has 57 heavy (non-hydrogen) atoms. The predicted octanol–water partition coefficient (Wildman–Crippen LogP) is 7.78. The molecule has 0 saturated heterocycles. The molecule has 304 valence electrons. The van der Waals surface area contributed by atoms with Gasteiger partial charge in [0.05, 0.1) is 22.9 Å². The monoisotopic (exact) mass is 827 g/mol. The van der Waals surface area contributed by atoms with Crippen molar-refractivity contribution in [2.45, 2.75) is 76.3 Å². The van der Waals surface area contributed by atoms with Crippen LogP contribution in [0.1, 0.15) is 76.0 Å². The lowest BCUT2D eigenvalue weighted by Gasteiger charge is -2.35. The summed E-state index contributed by atoms with van der Waals surface area (Å²) in [6, 6.07) is 8.16. The highest BCUT2D eigenvalue weighted by atomic mass is 35.5. The summed E-state index contributed by atoms with van der Waals surface area (Å²) in [5, 5.41) is 21.2. The predicted molar refractivity (Wildman–Crippen MR) is 187 cm³/mol. The van der Waals surface area contributed by atoms with E-state index in [1.54, 1.807) is 20.8 Å². The smallest absolute Gasteiger partial charge is 0.411 e. The second kappa shape index (κ2) is 15.0. The molecule has 2 aliphatic rings. The third-order valence-corrected chi connectivity index (χ3v) is 9.59. The van der Waals surface area contributed by atoms with Crippen molar-refractivity contribution in [1.29, 1.82) is 0 Å². The van der Waals surface area contributed by atoms with Crippen LogP contribution in [0.3, 0.4) is 0 Å². The fourth-order valence-electron chi connectivity index (χ4n) is 6.55. The number of amides is 3. The fraction of sp³-hybridized carbons (Fsp3) is 0.400. The van der Waals surface area contributed by atoms with Crippen LogP contribution >= 0.6 is 11.6 Å². The number of nitrogens with one attached hydrogen (secondary N) is 2. The van der Waals surface area contributed by atoms with Gasteiger partial charge in [0.1, 0.15) is 18.5 Å². The van der Waals surface area contributed by atoms with Gasteiger partial charge in [-0.3, -0.25) is 15.0 Å². The van der Waals surface area contributed by atoms with Crippen molar-refractivity contribution in [2.75, 3.05) is 6.61 Å². The lowest BCUT2D eigenvalue weighted by molar-refractivity contribution is -0.164. The highest BCUT2D eigenvalue weighted by Crippen LogP contribution is 2.49. The van der Waals surface area contributed by atoms with Crippen molar-refractivity contribution in [1.82, 2.24) is 40.1 Å². The first-order valence-corrected chi connectivity index (χ1v) is 17.4. The molecule has 14 nitrogen and oxygen atoms in total. The summed E-state index contributed by atoms with van der Waals surface area (Å²) in [6.45, 7) is 1.53. The van der Waals surface area contributed by atoms with E-state index in [2.05, 4.69) is 25.5 Å². The first kappa shape index (κ1) is 40.9. The van der Waals surface area contributed by atoms with Crippen molar-refractivity contribution in [3.05, 3.63) is 83.2 Å². The molecule has 3 amide bonds. The number of halogens is 8. The number of rotatable bonds is 11. The van der Waals surface area contributed by atoms with E-state index in [1.165, 1.54) is 48.7 Å². The molecule has 4 aromatic rings. The zero-order valence-electron chi connectivity index (χ0n) is 30.1. The number of benzene rings is 2. The number of hydrogen-bond acceptors (Lipinski definition) is 8. The summed E-state index contributed by atoms with van der Waals surface area (Å²) in [5.74, 6) is -2.27. The Hall–Kier alpha value is -5.73. The molecule has 1 aliphatic heterocycles. The molecule has 3 N–H and O–H groups in total. The van der Waals surface area contributed by atoms with Crippen LogP contribution in [0.4, 0.5) is 40.3 Å². The first-order valence-electron chi connectivity index (χ1n) is 17.0. The minimum atomic E-state index is -4.81. The Morgan fingerprint density at radius 2 is 1.70 bits per heavy atom. The average molecular weight is 828 g/mol. The summed E-state index contributed by atoms with van der Waals surface area (Å²) >= 11 is 6.40. The number of alkyl halides is 7. The van der Waals surface area contributed by atoms with Gasteiger partial charge in [0, 0.05) is 11.8 Å². The molecule has 0 bridgehead atoms. The third kappa shape index (κ3) is 8.23. The van der Waals surface area contributed by atoms with Crippen LogP contribution in [0.25, 0.3) is 16.8 Å². The largest absolute Gasteiger partial charge is 0.465 e. The fourth-order valence-corrected chi connectivity index (χ4v) is 6.75. The molecule has 0 radical (unpaired) electrons. The standard InChI is InChI=1S/C35H33ClF7N9O5/c1-32(2,3)16-34(21-7-4-18(5-8-21)20-13-45-50(14-20)28(39)40)27(53)51(29(48-34)47-30(54)55)24(15-57-31(56)49-33(10-11-33)35(41,42)43)19-6-9-22(36)23(12-19)52-26(25(37)38)44-17-46-52/h4-9,12-14,17,24-25,28H,10-11,15-16H2,1-3H3,(H,47,48)(H,49,56)(H,54,55)/t24?,34-/m1/s1. The van der Waals surface area contributed by atoms with Gasteiger partial charge in [-0.25, -0.2) is 37.7 Å². The summed E-state index contributed by atoms with van der Waals surface area (Å²) < 4.78 is 102. The van der Waals surface area contributed by atoms with Crippen LogP contribution < -0.4 is 10.6 Å². The van der Waals surface area contributed by atoms with Crippen molar-refractivity contribution < 1.29 is 55.0 Å². The quantitative estimate of drug-likeness (QED) is 0.129. The van der Waals surface area contributed by atoms with Gasteiger partial charge < -0.3 is 15.2 Å². The number of guanidine groups is 1. The summed E-state index contributed by atoms with van der Waals surface area (Å²) in [6.07, 6.45) is -8.84. The molecular weight excluding hydrogens is 795 g/mol. The number of ether oxygens (including phenoxy) is 1. The maximum atomic E-state index is 15.1. The number of nitrogens with zero attached hydrogens (tertiary/aromatic N) is 7. The topological polar surface area (TPSA) is 169 Å². The molecule has 2 atom stereocenters. The van der Waals surface area contributed by atoms with Crippen molar-refractivity contribution in [3.8, 4) is 16.8 Å². The maximum absolute atomic E-state index is 15.1. The number of aromatic nitrogens is 5. The van der Waals surface area contributed by atoms with Gasteiger partial charge >= 0.3 is 24.9 Å². The van der Waals surface area contributed by atoms with Crippen LogP contribution in [0.15, 0.2) is 66.2 Å². The Bertz CT molecular complexity index is 2200. The van der Waals surface area contributed by atoms with Crippen molar-refractivity contribution in [3.63, 3.8) is 0 Å². The van der Waals surface area contributed by atoms with Crippen LogP contribution in [0, 0.1) is 5.41 Å². The number of carboxylic acid groups (broad SMARTS) is 1. The zero-order chi connectivity index (χ0) is 41.7. The number of carbonyl (C=O) groups excluding carboxylic acids is 2. The van der Waals surface area contributed by atoms with Crippen LogP contribution in [0.2, 0.25) is 5.02 Å². The molecule has 1 unspecified atom stereocenters. The lowest BCUT2D eigenvalue weighted by Crippen LogP contribution is -2.51. The maximum Gasteiger partial charge on any atom is 0.411 e. The third-order valence-electron chi connectivity index (χ3n) is 9.27. The lowest BCUT2D eigenvalue weighted by atomic mass is 9.75. The molecule has 1 saturated carbocycles. The second-order valence-electron chi connectivity index (χ2n) is 14.6. The van der Waals surface area contributed by atoms with E-state index in [0.29, 0.717) is 20.5 Å². The molecule has 1 fully saturated rings. The van der Waals surface area contributed by atoms with Gasteiger partial charge in [-0.2, -0.15) is 32.1 Å². The van der Waals surface area contributed by atoms with E-state index in [-0.39, 0.29) is 28.3 Å². The molecule has 2 aromatic carbocycles. The van der Waals surface area contributed by atoms with Crippen LogP contribution in [-0.2, 0) is 15.1 Å². The van der Waals surface area contributed by atoms with Crippen LogP contribution in [-0.4, -0.2) is 76.9 Å². The Morgan fingerprint density at radius 3 is 2.26 bits per heavy atom. The van der Waals surface area contributed by atoms with Gasteiger partial charge in [0.25, 0.3) is 12.3 Å². The van der Waals surface area contributed by atoms with E-state index < -0.39 is 91.0 Å². The van der Waals surface area contributed by atoms with E-state index in [1.807, 2.05) is 5.32 Å². The number of hydrogen-bond donors (Lipinski definition) is 3. The average Bonchev–Trinajstić information content (AvgIpc) is 3.43. The number of carbonyl (C=O) groups is 3. The van der Waals surface area contributed by atoms with E-state index in [9.17, 15) is 45.4 Å². The molecular formula is C35H33ClF7N9O5. The van der Waals surface area contributed by atoms with Gasteiger partial charge in [-0.15, -0.1) is 0 Å². The van der Waals surface area contributed by atoms with Crippen molar-refractivity contribution in [2.24, 2.45) is 10.4 Å². The minimum Gasteiger partial charge on any atom is -0.465 e. The second-order valence-corrected chi connectivity index (χ2v) is 15.0. The first-order chi connectivity index (χ1) is 26.6. The SMILES string of the molecule is CC(C)(C)C[C@]1(c2ccc(-c3cnn(C(F)F)c3)cc2)N=C(NC(=O)O)N(C(COC(=O)NC2(C(F)(F)F)CC2)c2ccc(Cl)c(-n3ncnc3C(F)F)c2)C1=O. The Labute approximate surface area is 323 Å². The van der Waals surface area contributed by atoms with Gasteiger partial charge in [0.15, 0.2) is 11.4 Å². The number of aliphatic imine (C=N–C) groups is 1. The van der Waals surface area contributed by atoms with Gasteiger partial charge in [-0.1, -0.05) is 62.7 Å². The number of alkyl carbamates (subject to hydrolysis) is 1. The summed E-state index contributed by atoms with van der Waals surface area (Å²) in [4.78, 5) is 49.3. The summed E-state index contributed by atoms with van der Waals surface area (Å²) in [7, 11) is 0. The van der Waals surface area contributed by atoms with Gasteiger partial charge in [-0.05, 0) is 53.5 Å². The van der Waals surface area contributed by atoms with Crippen molar-refractivity contribution >= 4 is 35.7 Å². The Morgan fingerprint density at radius 1 is 1.02 bits per heavy atom. The minimum absolute atomic E-state index is 0.0268. The summed E-state index contributed by atoms with van der Waals surface area (Å²) in [5.41, 5.74) is -4.40. The molecule has 3 heterocycles. The highest BCUT2D eigenvalue weighted by Gasteiger charge is 2.64. The van der Waals surface area contributed by atoms with Crippen LogP contribution in [0.5, 0.6) is 0 Å². The molecule has 1 aliphatic carbocycles. The Balaban J connectivity index is 1.46. The molecule has 22 heteroatoms. The van der Waals surface area contributed by atoms with E-state index in [4.69, 9.17) is 16.3 Å².